The highest BCUT2D eigenvalue weighted by Crippen LogP contribution is 2.39. The lowest BCUT2D eigenvalue weighted by atomic mass is 9.78. The molecule has 5 nitrogen and oxygen atoms in total. The first-order valence-corrected chi connectivity index (χ1v) is 12.0. The molecule has 0 aromatic heterocycles. The monoisotopic (exact) mass is 431 g/mol. The molecule has 2 fully saturated rings. The number of hydrogen-bond acceptors (Lipinski definition) is 3. The van der Waals surface area contributed by atoms with Crippen molar-refractivity contribution >= 4 is 5.91 Å². The number of benzene rings is 1. The normalized spacial score (nSPS) is 24.9. The van der Waals surface area contributed by atoms with E-state index in [9.17, 15) is 9.90 Å². The van der Waals surface area contributed by atoms with Gasteiger partial charge in [-0.15, -0.1) is 0 Å². The number of likely N-dealkylation sites (tertiary alicyclic amines) is 1. The summed E-state index contributed by atoms with van der Waals surface area (Å²) in [6.45, 7) is 17.4. The number of ether oxygens (including phenoxy) is 1. The minimum Gasteiger partial charge on any atom is -0.507 e. The van der Waals surface area contributed by atoms with E-state index in [4.69, 9.17) is 4.74 Å². The van der Waals surface area contributed by atoms with Crippen LogP contribution in [0, 0.1) is 5.92 Å². The Morgan fingerprint density at radius 2 is 1.65 bits per heavy atom. The standard InChI is InChI=1S/C26H42N2O3/c1-25(2,3)21-14-18(15-22(23(21)29)26(4,5)6)17-28-11-9-19(10-12-28)24(30)27-16-20-8-7-13-31-20/h14-15,19-20,29H,7-13,16-17H2,1-6H3,(H,27,30)/p+1/t20-/m1/s1. The van der Waals surface area contributed by atoms with E-state index >= 15 is 0 Å². The number of carbonyl (C=O) groups is 1. The molecule has 174 valence electrons. The van der Waals surface area contributed by atoms with Crippen molar-refractivity contribution in [3.8, 4) is 5.75 Å². The molecular formula is C26H43N2O3+. The van der Waals surface area contributed by atoms with Gasteiger partial charge >= 0.3 is 0 Å². The third kappa shape index (κ3) is 6.23. The van der Waals surface area contributed by atoms with E-state index in [0.29, 0.717) is 12.3 Å². The Bertz CT molecular complexity index is 727. The molecule has 2 heterocycles. The van der Waals surface area contributed by atoms with Crippen LogP contribution in [0.5, 0.6) is 5.75 Å². The van der Waals surface area contributed by atoms with Crippen molar-refractivity contribution in [2.75, 3.05) is 26.2 Å². The lowest BCUT2D eigenvalue weighted by Gasteiger charge is -2.31. The molecule has 0 radical (unpaired) electrons. The first-order chi connectivity index (χ1) is 14.4. The Morgan fingerprint density at radius 3 is 2.13 bits per heavy atom. The summed E-state index contributed by atoms with van der Waals surface area (Å²) < 4.78 is 5.61. The van der Waals surface area contributed by atoms with Crippen molar-refractivity contribution in [1.82, 2.24) is 5.32 Å². The van der Waals surface area contributed by atoms with Gasteiger partial charge in [-0.05, 0) is 35.8 Å². The fraction of sp³-hybridized carbons (Fsp3) is 0.731. The predicted octanol–water partition coefficient (Wildman–Crippen LogP) is 3.08. The van der Waals surface area contributed by atoms with E-state index < -0.39 is 0 Å². The lowest BCUT2D eigenvalue weighted by Crippen LogP contribution is -3.11. The zero-order valence-electron chi connectivity index (χ0n) is 20.4. The van der Waals surface area contributed by atoms with Crippen molar-refractivity contribution in [3.05, 3.63) is 28.8 Å². The van der Waals surface area contributed by atoms with Gasteiger partial charge in [0.2, 0.25) is 5.91 Å². The molecule has 5 heteroatoms. The van der Waals surface area contributed by atoms with Gasteiger partial charge in [0.1, 0.15) is 12.3 Å². The molecule has 3 rings (SSSR count). The van der Waals surface area contributed by atoms with Gasteiger partial charge in [-0.3, -0.25) is 4.79 Å². The van der Waals surface area contributed by atoms with Gasteiger partial charge in [0.15, 0.2) is 0 Å². The minimum atomic E-state index is -0.108. The van der Waals surface area contributed by atoms with Crippen molar-refractivity contribution in [2.24, 2.45) is 5.92 Å². The van der Waals surface area contributed by atoms with Gasteiger partial charge in [-0.25, -0.2) is 0 Å². The van der Waals surface area contributed by atoms with Gasteiger partial charge in [0.05, 0.1) is 19.2 Å². The molecule has 1 aromatic rings. The van der Waals surface area contributed by atoms with Crippen molar-refractivity contribution in [1.29, 1.82) is 0 Å². The smallest absolute Gasteiger partial charge is 0.223 e. The Hall–Kier alpha value is -1.59. The molecule has 0 unspecified atom stereocenters. The first-order valence-electron chi connectivity index (χ1n) is 12.0. The molecule has 3 N–H and O–H groups in total. The van der Waals surface area contributed by atoms with Crippen molar-refractivity contribution in [2.45, 2.75) is 90.7 Å². The first kappa shape index (κ1) is 24.1. The highest BCUT2D eigenvalue weighted by Gasteiger charge is 2.30. The molecule has 0 saturated carbocycles. The highest BCUT2D eigenvalue weighted by molar-refractivity contribution is 5.78. The maximum atomic E-state index is 12.6. The molecule has 31 heavy (non-hydrogen) atoms. The quantitative estimate of drug-likeness (QED) is 0.671. The van der Waals surface area contributed by atoms with Crippen LogP contribution in [0.25, 0.3) is 0 Å². The number of amides is 1. The zero-order chi connectivity index (χ0) is 22.8. The van der Waals surface area contributed by atoms with Gasteiger partial charge < -0.3 is 20.1 Å². The molecule has 2 saturated heterocycles. The summed E-state index contributed by atoms with van der Waals surface area (Å²) in [6, 6.07) is 4.38. The maximum absolute atomic E-state index is 12.6. The molecule has 1 amide bonds. The summed E-state index contributed by atoms with van der Waals surface area (Å²) in [4.78, 5) is 14.1. The van der Waals surface area contributed by atoms with E-state index in [-0.39, 0.29) is 28.8 Å². The summed E-state index contributed by atoms with van der Waals surface area (Å²) >= 11 is 0. The second-order valence-corrected chi connectivity index (χ2v) is 11.6. The van der Waals surface area contributed by atoms with Crippen molar-refractivity contribution < 1.29 is 19.5 Å². The Morgan fingerprint density at radius 1 is 1.06 bits per heavy atom. The van der Waals surface area contributed by atoms with Crippen LogP contribution in [0.3, 0.4) is 0 Å². The van der Waals surface area contributed by atoms with Gasteiger partial charge in [0, 0.05) is 48.6 Å². The van der Waals surface area contributed by atoms with Gasteiger partial charge in [-0.1, -0.05) is 41.5 Å². The number of piperidine rings is 1. The number of nitrogens with one attached hydrogen (secondary N) is 2. The number of phenolic OH excluding ortho intramolecular Hbond substituents is 1. The molecule has 1 atom stereocenters. The average Bonchev–Trinajstić information content (AvgIpc) is 3.20. The van der Waals surface area contributed by atoms with Crippen LogP contribution < -0.4 is 10.2 Å². The number of quaternary nitrogens is 1. The summed E-state index contributed by atoms with van der Waals surface area (Å²) in [7, 11) is 0. The van der Waals surface area contributed by atoms with E-state index in [1.165, 1.54) is 10.5 Å². The van der Waals surface area contributed by atoms with Crippen LogP contribution in [0.15, 0.2) is 12.1 Å². The average molecular weight is 432 g/mol. The number of aromatic hydroxyl groups is 1. The Labute approximate surface area is 188 Å². The maximum Gasteiger partial charge on any atom is 0.223 e. The largest absolute Gasteiger partial charge is 0.507 e. The van der Waals surface area contributed by atoms with E-state index in [2.05, 4.69) is 59.0 Å². The summed E-state index contributed by atoms with van der Waals surface area (Å²) in [5.74, 6) is 0.768. The van der Waals surface area contributed by atoms with Gasteiger partial charge in [0.25, 0.3) is 0 Å². The second kappa shape index (κ2) is 9.50. The minimum absolute atomic E-state index is 0.108. The van der Waals surface area contributed by atoms with Crippen LogP contribution in [0.1, 0.15) is 83.9 Å². The molecule has 1 aromatic carbocycles. The van der Waals surface area contributed by atoms with Crippen LogP contribution in [-0.2, 0) is 26.9 Å². The molecular weight excluding hydrogens is 388 g/mol. The molecule has 0 bridgehead atoms. The van der Waals surface area contributed by atoms with E-state index in [0.717, 1.165) is 63.1 Å². The van der Waals surface area contributed by atoms with E-state index in [1.807, 2.05) is 0 Å². The second-order valence-electron chi connectivity index (χ2n) is 11.6. The fourth-order valence-electron chi connectivity index (χ4n) is 4.86. The van der Waals surface area contributed by atoms with E-state index in [1.54, 1.807) is 0 Å². The summed E-state index contributed by atoms with van der Waals surface area (Å²) in [5, 5.41) is 14.1. The third-order valence-electron chi connectivity index (χ3n) is 6.83. The topological polar surface area (TPSA) is 63.0 Å². The molecule has 0 spiro atoms. The Kier molecular flexibility index (Phi) is 7.37. The number of hydrogen-bond donors (Lipinski definition) is 3. The number of rotatable bonds is 5. The predicted molar refractivity (Wildman–Crippen MR) is 125 cm³/mol. The molecule has 0 aliphatic carbocycles. The van der Waals surface area contributed by atoms with Crippen LogP contribution in [0.2, 0.25) is 0 Å². The SMILES string of the molecule is CC(C)(C)c1cc(C[NH+]2CCC(C(=O)NC[C@H]3CCCO3)CC2)cc(C(C)(C)C)c1O. The summed E-state index contributed by atoms with van der Waals surface area (Å²) in [6.07, 6.45) is 4.24. The van der Waals surface area contributed by atoms with Crippen LogP contribution in [0.4, 0.5) is 0 Å². The summed E-state index contributed by atoms with van der Waals surface area (Å²) in [5.41, 5.74) is 3.12. The molecule has 2 aliphatic rings. The van der Waals surface area contributed by atoms with Crippen molar-refractivity contribution in [3.63, 3.8) is 0 Å². The Balaban J connectivity index is 1.61. The fourth-order valence-corrected chi connectivity index (χ4v) is 4.86. The highest BCUT2D eigenvalue weighted by atomic mass is 16.5. The molecule has 2 aliphatic heterocycles. The number of phenols is 1. The zero-order valence-corrected chi connectivity index (χ0v) is 20.4. The number of carbonyl (C=O) groups excluding carboxylic acids is 1. The van der Waals surface area contributed by atoms with Crippen LogP contribution >= 0.6 is 0 Å². The van der Waals surface area contributed by atoms with Crippen LogP contribution in [-0.4, -0.2) is 43.4 Å². The van der Waals surface area contributed by atoms with Gasteiger partial charge in [-0.2, -0.15) is 0 Å². The third-order valence-corrected chi connectivity index (χ3v) is 6.83. The lowest BCUT2D eigenvalue weighted by molar-refractivity contribution is -0.919.